The summed E-state index contributed by atoms with van der Waals surface area (Å²) in [4.78, 5) is 26.4. The molecule has 0 bridgehead atoms. The molecule has 25 heavy (non-hydrogen) atoms. The molecule has 128 valence electrons. The van der Waals surface area contributed by atoms with Gasteiger partial charge in [-0.15, -0.1) is 0 Å². The third-order valence-electron chi connectivity index (χ3n) is 3.83. The van der Waals surface area contributed by atoms with Gasteiger partial charge < -0.3 is 4.57 Å². The molecule has 2 aromatic rings. The number of carbonyl (C=O) groups is 2. The zero-order chi connectivity index (χ0) is 18.1. The summed E-state index contributed by atoms with van der Waals surface area (Å²) in [5.41, 5.74) is 1.35. The molecule has 1 aromatic heterocycles. The maximum absolute atomic E-state index is 12.8. The van der Waals surface area contributed by atoms with E-state index >= 15 is 0 Å². The second kappa shape index (κ2) is 6.82. The van der Waals surface area contributed by atoms with Gasteiger partial charge in [-0.3, -0.25) is 19.8 Å². The first kappa shape index (κ1) is 17.4. The second-order valence-electron chi connectivity index (χ2n) is 5.92. The molecule has 0 spiro atoms. The lowest BCUT2D eigenvalue weighted by molar-refractivity contribution is -0.122. The summed E-state index contributed by atoms with van der Waals surface area (Å²) in [5.74, 6) is -0.967. The third-order valence-corrected chi connectivity index (χ3v) is 4.37. The van der Waals surface area contributed by atoms with Crippen molar-refractivity contribution in [1.82, 2.24) is 9.88 Å². The minimum atomic E-state index is -0.502. The lowest BCUT2D eigenvalue weighted by Crippen LogP contribution is -2.54. The molecule has 1 aliphatic heterocycles. The van der Waals surface area contributed by atoms with E-state index in [-0.39, 0.29) is 10.7 Å². The third kappa shape index (κ3) is 3.50. The van der Waals surface area contributed by atoms with Gasteiger partial charge in [0.2, 0.25) is 0 Å². The monoisotopic (exact) mass is 373 g/mol. The Balaban J connectivity index is 1.97. The lowest BCUT2D eigenvalue weighted by Gasteiger charge is -2.28. The molecule has 1 fully saturated rings. The largest absolute Gasteiger partial charge is 0.351 e. The number of nitrogens with zero attached hydrogens (tertiary/aromatic N) is 2. The predicted molar refractivity (Wildman–Crippen MR) is 102 cm³/mol. The van der Waals surface area contributed by atoms with Crippen molar-refractivity contribution < 1.29 is 9.59 Å². The van der Waals surface area contributed by atoms with Crippen molar-refractivity contribution in [2.24, 2.45) is 0 Å². The summed E-state index contributed by atoms with van der Waals surface area (Å²) in [6.07, 6.45) is 5.36. The van der Waals surface area contributed by atoms with Gasteiger partial charge in [0.1, 0.15) is 5.57 Å². The molecule has 1 aromatic carbocycles. The summed E-state index contributed by atoms with van der Waals surface area (Å²) in [5, 5.41) is 3.16. The fraction of sp³-hybridized carbons (Fsp3) is 0.167. The Labute approximate surface area is 155 Å². The number of carbonyl (C=O) groups excluding carboxylic acids is 2. The van der Waals surface area contributed by atoms with E-state index in [1.807, 2.05) is 23.0 Å². The fourth-order valence-corrected chi connectivity index (χ4v) is 2.89. The molecule has 1 N–H and O–H groups in total. The fourth-order valence-electron chi connectivity index (χ4n) is 2.49. The molecular formula is C18H16ClN3O2S. The highest BCUT2D eigenvalue weighted by atomic mass is 35.5. The summed E-state index contributed by atoms with van der Waals surface area (Å²) < 4.78 is 2.00. The van der Waals surface area contributed by atoms with Crippen molar-refractivity contribution in [3.05, 3.63) is 58.9 Å². The van der Waals surface area contributed by atoms with E-state index in [9.17, 15) is 9.59 Å². The molecule has 7 heteroatoms. The van der Waals surface area contributed by atoms with E-state index in [1.54, 1.807) is 30.3 Å². The van der Waals surface area contributed by atoms with E-state index in [2.05, 4.69) is 19.2 Å². The maximum Gasteiger partial charge on any atom is 0.270 e. The lowest BCUT2D eigenvalue weighted by atomic mass is 10.1. The Hall–Kier alpha value is -2.44. The van der Waals surface area contributed by atoms with Crippen LogP contribution in [-0.2, 0) is 9.59 Å². The average molecular weight is 374 g/mol. The number of nitrogens with one attached hydrogen (secondary N) is 1. The zero-order valence-electron chi connectivity index (χ0n) is 13.7. The first-order valence-corrected chi connectivity index (χ1v) is 8.50. The Morgan fingerprint density at radius 3 is 2.44 bits per heavy atom. The number of rotatable bonds is 3. The number of benzene rings is 1. The van der Waals surface area contributed by atoms with Crippen LogP contribution in [0.25, 0.3) is 6.08 Å². The molecule has 2 heterocycles. The molecule has 1 saturated heterocycles. The summed E-state index contributed by atoms with van der Waals surface area (Å²) >= 11 is 11.1. The van der Waals surface area contributed by atoms with E-state index in [0.29, 0.717) is 16.8 Å². The number of halogens is 1. The van der Waals surface area contributed by atoms with Crippen LogP contribution in [0, 0.1) is 0 Å². The molecule has 3 rings (SSSR count). The smallest absolute Gasteiger partial charge is 0.270 e. The van der Waals surface area contributed by atoms with E-state index in [0.717, 1.165) is 5.56 Å². The van der Waals surface area contributed by atoms with Gasteiger partial charge >= 0.3 is 0 Å². The minimum absolute atomic E-state index is 0.0325. The zero-order valence-corrected chi connectivity index (χ0v) is 15.3. The molecule has 2 amide bonds. The summed E-state index contributed by atoms with van der Waals surface area (Å²) in [6.45, 7) is 4.10. The molecule has 0 atom stereocenters. The first-order valence-electron chi connectivity index (χ1n) is 7.71. The van der Waals surface area contributed by atoms with Crippen LogP contribution >= 0.6 is 23.8 Å². The van der Waals surface area contributed by atoms with Crippen LogP contribution in [0.1, 0.15) is 25.5 Å². The van der Waals surface area contributed by atoms with Gasteiger partial charge in [0, 0.05) is 23.5 Å². The van der Waals surface area contributed by atoms with Gasteiger partial charge in [0.25, 0.3) is 11.8 Å². The van der Waals surface area contributed by atoms with Crippen LogP contribution in [0.5, 0.6) is 0 Å². The van der Waals surface area contributed by atoms with Crippen LogP contribution in [-0.4, -0.2) is 21.5 Å². The van der Waals surface area contributed by atoms with Crippen molar-refractivity contribution in [1.29, 1.82) is 0 Å². The highest BCUT2D eigenvalue weighted by molar-refractivity contribution is 7.80. The van der Waals surface area contributed by atoms with Gasteiger partial charge in [-0.1, -0.05) is 11.6 Å². The number of amides is 2. The van der Waals surface area contributed by atoms with Crippen LogP contribution in [0.3, 0.4) is 0 Å². The van der Waals surface area contributed by atoms with Crippen molar-refractivity contribution in [3.8, 4) is 0 Å². The van der Waals surface area contributed by atoms with Crippen LogP contribution in [0.4, 0.5) is 5.69 Å². The minimum Gasteiger partial charge on any atom is -0.351 e. The summed E-state index contributed by atoms with van der Waals surface area (Å²) in [7, 11) is 0. The van der Waals surface area contributed by atoms with Crippen molar-refractivity contribution >= 4 is 52.5 Å². The average Bonchev–Trinajstić information content (AvgIpc) is 3.02. The van der Waals surface area contributed by atoms with Crippen molar-refractivity contribution in [2.75, 3.05) is 4.90 Å². The van der Waals surface area contributed by atoms with E-state index in [1.165, 1.54) is 4.90 Å². The van der Waals surface area contributed by atoms with Gasteiger partial charge in [-0.2, -0.15) is 0 Å². The first-order chi connectivity index (χ1) is 11.9. The van der Waals surface area contributed by atoms with Gasteiger partial charge in [0.15, 0.2) is 5.11 Å². The molecule has 0 saturated carbocycles. The summed E-state index contributed by atoms with van der Waals surface area (Å²) in [6, 6.07) is 8.83. The van der Waals surface area contributed by atoms with E-state index in [4.69, 9.17) is 23.8 Å². The molecule has 0 radical (unpaired) electrons. The Morgan fingerprint density at radius 2 is 1.84 bits per heavy atom. The quantitative estimate of drug-likeness (QED) is 0.508. The van der Waals surface area contributed by atoms with E-state index < -0.39 is 11.8 Å². The van der Waals surface area contributed by atoms with Crippen LogP contribution in [0.2, 0.25) is 5.02 Å². The highest BCUT2D eigenvalue weighted by Gasteiger charge is 2.34. The Morgan fingerprint density at radius 1 is 1.16 bits per heavy atom. The Kier molecular flexibility index (Phi) is 4.74. The van der Waals surface area contributed by atoms with Crippen LogP contribution in [0.15, 0.2) is 48.3 Å². The Bertz CT molecular complexity index is 884. The molecule has 1 aliphatic rings. The molecule has 0 unspecified atom stereocenters. The maximum atomic E-state index is 12.8. The number of anilines is 1. The van der Waals surface area contributed by atoms with Crippen LogP contribution < -0.4 is 10.2 Å². The van der Waals surface area contributed by atoms with Crippen molar-refractivity contribution in [3.63, 3.8) is 0 Å². The SMILES string of the molecule is CC(C)n1ccc(/C=C2/C(=O)NC(=S)N(c3ccc(Cl)cc3)C2=O)c1. The van der Waals surface area contributed by atoms with Gasteiger partial charge in [-0.05, 0) is 68.0 Å². The number of thiocarbonyl (C=S) groups is 1. The second-order valence-corrected chi connectivity index (χ2v) is 6.74. The number of aromatic nitrogens is 1. The topological polar surface area (TPSA) is 54.3 Å². The number of hydrogen-bond acceptors (Lipinski definition) is 3. The highest BCUT2D eigenvalue weighted by Crippen LogP contribution is 2.24. The van der Waals surface area contributed by atoms with Gasteiger partial charge in [-0.25, -0.2) is 0 Å². The van der Waals surface area contributed by atoms with Gasteiger partial charge in [0.05, 0.1) is 5.69 Å². The molecule has 5 nitrogen and oxygen atoms in total. The number of hydrogen-bond donors (Lipinski definition) is 1. The standard InChI is InChI=1S/C18H16ClN3O2S/c1-11(2)21-8-7-12(10-21)9-15-16(23)20-18(25)22(17(15)24)14-5-3-13(19)4-6-14/h3-11H,1-2H3,(H,20,23,25)/b15-9-. The molecule has 0 aliphatic carbocycles. The normalized spacial score (nSPS) is 16.7. The van der Waals surface area contributed by atoms with Crippen molar-refractivity contribution in [2.45, 2.75) is 19.9 Å². The molecular weight excluding hydrogens is 358 g/mol. The predicted octanol–water partition coefficient (Wildman–Crippen LogP) is 3.55.